The van der Waals surface area contributed by atoms with E-state index in [2.05, 4.69) is 40.5 Å². The molecule has 3 rings (SSSR count). The summed E-state index contributed by atoms with van der Waals surface area (Å²) in [5.41, 5.74) is 2.55. The number of hydrogen-bond acceptors (Lipinski definition) is 9. The van der Waals surface area contributed by atoms with Gasteiger partial charge in [0.2, 0.25) is 5.75 Å². The Morgan fingerprint density at radius 1 is 1.07 bits per heavy atom. The molecule has 1 aromatic carbocycles. The predicted octanol–water partition coefficient (Wildman–Crippen LogP) is 5.96. The number of likely N-dealkylation sites (N-methyl/N-ethyl adjacent to an activating group) is 2. The van der Waals surface area contributed by atoms with E-state index in [-0.39, 0.29) is 6.09 Å². The summed E-state index contributed by atoms with van der Waals surface area (Å²) in [6, 6.07) is 7.61. The number of ether oxygens (including phenoxy) is 4. The Morgan fingerprint density at radius 2 is 1.70 bits per heavy atom. The average Bonchev–Trinajstić information content (AvgIpc) is 3.65. The van der Waals surface area contributed by atoms with Gasteiger partial charge in [0.15, 0.2) is 11.5 Å². The molecule has 3 aromatic rings. The number of rotatable bonds is 14. The molecule has 0 atom stereocenters. The van der Waals surface area contributed by atoms with Gasteiger partial charge in [-0.3, -0.25) is 4.90 Å². The molecule has 1 amide bonds. The Hall–Kier alpha value is -4.45. The fourth-order valence-electron chi connectivity index (χ4n) is 4.25. The number of hydrogen-bond donors (Lipinski definition) is 1. The molecule has 0 unspecified atom stereocenters. The minimum absolute atomic E-state index is 0.341. The van der Waals surface area contributed by atoms with Crippen LogP contribution in [-0.2, 0) is 11.3 Å². The Kier molecular flexibility index (Phi) is 13.3. The van der Waals surface area contributed by atoms with Crippen LogP contribution in [0.4, 0.5) is 10.6 Å². The van der Waals surface area contributed by atoms with Crippen molar-refractivity contribution in [2.24, 2.45) is 5.10 Å². The number of nitrogens with one attached hydrogen (secondary N) is 1. The molecular formula is C32H49N7O5. The predicted molar refractivity (Wildman–Crippen MR) is 176 cm³/mol. The van der Waals surface area contributed by atoms with Crippen molar-refractivity contribution < 1.29 is 23.7 Å². The van der Waals surface area contributed by atoms with Gasteiger partial charge in [0.25, 0.3) is 0 Å². The molecule has 0 bridgehead atoms. The molecule has 0 saturated carbocycles. The van der Waals surface area contributed by atoms with Gasteiger partial charge in [0.1, 0.15) is 17.7 Å². The first-order valence-electron chi connectivity index (χ1n) is 14.6. The van der Waals surface area contributed by atoms with Crippen LogP contribution in [0.15, 0.2) is 48.5 Å². The van der Waals surface area contributed by atoms with Crippen molar-refractivity contribution in [2.75, 3.05) is 53.3 Å². The highest BCUT2D eigenvalue weighted by Gasteiger charge is 2.21. The van der Waals surface area contributed by atoms with Crippen LogP contribution >= 0.6 is 0 Å². The summed E-state index contributed by atoms with van der Waals surface area (Å²) in [5.74, 6) is 2.19. The van der Waals surface area contributed by atoms with Crippen LogP contribution in [0.5, 0.6) is 17.2 Å². The normalized spacial score (nSPS) is 10.9. The topological polar surface area (TPSA) is 108 Å². The van der Waals surface area contributed by atoms with Gasteiger partial charge in [0, 0.05) is 45.5 Å². The van der Waals surface area contributed by atoms with Crippen LogP contribution in [0.3, 0.4) is 0 Å². The Morgan fingerprint density at radius 3 is 2.23 bits per heavy atom. The van der Waals surface area contributed by atoms with Crippen molar-refractivity contribution in [3.05, 3.63) is 54.8 Å². The summed E-state index contributed by atoms with van der Waals surface area (Å²) in [4.78, 5) is 20.6. The molecule has 0 aliphatic heterocycles. The summed E-state index contributed by atoms with van der Waals surface area (Å²) < 4.78 is 25.4. The molecule has 0 radical (unpaired) electrons. The Bertz CT molecular complexity index is 1360. The summed E-state index contributed by atoms with van der Waals surface area (Å²) in [6.07, 6.45) is 3.17. The van der Waals surface area contributed by atoms with Gasteiger partial charge in [-0.25, -0.2) is 14.5 Å². The average molecular weight is 612 g/mol. The number of anilines is 1. The number of carbonyl (C=O) groups is 1. The lowest BCUT2D eigenvalue weighted by Crippen LogP contribution is -2.39. The second-order valence-corrected chi connectivity index (χ2v) is 10.6. The highest BCUT2D eigenvalue weighted by molar-refractivity contribution is 5.72. The van der Waals surface area contributed by atoms with Gasteiger partial charge in [-0.2, -0.15) is 5.10 Å². The number of amides is 1. The zero-order valence-corrected chi connectivity index (χ0v) is 27.9. The van der Waals surface area contributed by atoms with Gasteiger partial charge in [-0.1, -0.05) is 27.4 Å². The number of methoxy groups -OCH3 is 3. The number of imidazole rings is 1. The first kappa shape index (κ1) is 35.7. The SMILES string of the molecule is C=Nn1c(CN(CC)CCN(C)C(=O)OC(C)(C)C)ccc1C(=C)Nc1cn(-c2cc(OC)c(OC)c(OC)c2)cn1.CC. The summed E-state index contributed by atoms with van der Waals surface area (Å²) in [6.45, 7) is 22.2. The largest absolute Gasteiger partial charge is 0.493 e. The third-order valence-corrected chi connectivity index (χ3v) is 6.48. The zero-order valence-electron chi connectivity index (χ0n) is 27.9. The van der Waals surface area contributed by atoms with Crippen LogP contribution in [0.1, 0.15) is 52.9 Å². The molecule has 2 heterocycles. The van der Waals surface area contributed by atoms with Crippen molar-refractivity contribution in [3.63, 3.8) is 0 Å². The second-order valence-electron chi connectivity index (χ2n) is 10.6. The van der Waals surface area contributed by atoms with Crippen LogP contribution in [0, 0.1) is 0 Å². The van der Waals surface area contributed by atoms with Crippen molar-refractivity contribution in [2.45, 2.75) is 53.7 Å². The quantitative estimate of drug-likeness (QED) is 0.223. The molecular weight excluding hydrogens is 562 g/mol. The fourth-order valence-corrected chi connectivity index (χ4v) is 4.25. The lowest BCUT2D eigenvalue weighted by atomic mass is 10.2. The van der Waals surface area contributed by atoms with E-state index >= 15 is 0 Å². The van der Waals surface area contributed by atoms with Crippen LogP contribution < -0.4 is 19.5 Å². The molecule has 1 N–H and O–H groups in total. The maximum absolute atomic E-state index is 12.3. The Balaban J connectivity index is 0.00000330. The molecule has 12 heteroatoms. The van der Waals surface area contributed by atoms with Gasteiger partial charge in [-0.05, 0) is 39.4 Å². The minimum atomic E-state index is -0.534. The number of benzene rings is 1. The van der Waals surface area contributed by atoms with Crippen molar-refractivity contribution in [1.82, 2.24) is 24.0 Å². The van der Waals surface area contributed by atoms with Crippen molar-refractivity contribution >= 4 is 24.3 Å². The number of nitrogens with zero attached hydrogens (tertiary/aromatic N) is 6. The van der Waals surface area contributed by atoms with Crippen molar-refractivity contribution in [1.29, 1.82) is 0 Å². The van der Waals surface area contributed by atoms with E-state index in [0.29, 0.717) is 48.4 Å². The highest BCUT2D eigenvalue weighted by Crippen LogP contribution is 2.39. The first-order valence-corrected chi connectivity index (χ1v) is 14.6. The van der Waals surface area contributed by atoms with Gasteiger partial charge >= 0.3 is 6.09 Å². The van der Waals surface area contributed by atoms with Crippen LogP contribution in [0.25, 0.3) is 11.4 Å². The molecule has 0 fully saturated rings. The van der Waals surface area contributed by atoms with E-state index < -0.39 is 5.60 Å². The molecule has 0 saturated heterocycles. The van der Waals surface area contributed by atoms with E-state index in [1.54, 1.807) is 44.3 Å². The molecule has 12 nitrogen and oxygen atoms in total. The monoisotopic (exact) mass is 611 g/mol. The lowest BCUT2D eigenvalue weighted by Gasteiger charge is -2.27. The smallest absolute Gasteiger partial charge is 0.410 e. The molecule has 242 valence electrons. The van der Waals surface area contributed by atoms with E-state index in [4.69, 9.17) is 18.9 Å². The number of carbonyl (C=O) groups excluding carboxylic acids is 1. The van der Waals surface area contributed by atoms with Gasteiger partial charge < -0.3 is 33.7 Å². The van der Waals surface area contributed by atoms with Crippen LogP contribution in [-0.4, -0.2) is 90.5 Å². The van der Waals surface area contributed by atoms with E-state index in [1.807, 2.05) is 69.6 Å². The Labute approximate surface area is 261 Å². The van der Waals surface area contributed by atoms with E-state index in [0.717, 1.165) is 23.6 Å². The first-order chi connectivity index (χ1) is 20.9. The second kappa shape index (κ2) is 16.4. The fraction of sp³-hybridized carbons (Fsp3) is 0.469. The molecule has 44 heavy (non-hydrogen) atoms. The molecule has 0 aliphatic carbocycles. The standard InChI is InChI=1S/C30H43N7O5.C2H6/c1-11-35(15-14-34(7)29(38)42-30(3,4)5)18-22-12-13-24(37(22)31-6)21(2)33-27-19-36(20-32-27)23-16-25(39-8)28(41-10)26(17-23)40-9;1-2/h12-13,16-17,19-20,33H,2,6,11,14-15,18H2,1,3-5,7-10H3;1-2H3. The lowest BCUT2D eigenvalue weighted by molar-refractivity contribution is 0.0282. The van der Waals surface area contributed by atoms with E-state index in [9.17, 15) is 4.79 Å². The summed E-state index contributed by atoms with van der Waals surface area (Å²) in [7, 11) is 6.46. The van der Waals surface area contributed by atoms with Gasteiger partial charge in [-0.15, -0.1) is 0 Å². The summed E-state index contributed by atoms with van der Waals surface area (Å²) >= 11 is 0. The number of aromatic nitrogens is 3. The molecule has 0 aliphatic rings. The zero-order chi connectivity index (χ0) is 33.0. The highest BCUT2D eigenvalue weighted by atomic mass is 16.6. The van der Waals surface area contributed by atoms with Crippen LogP contribution in [0.2, 0.25) is 0 Å². The molecule has 2 aromatic heterocycles. The third kappa shape index (κ3) is 9.27. The maximum atomic E-state index is 12.3. The minimum Gasteiger partial charge on any atom is -0.493 e. The third-order valence-electron chi connectivity index (χ3n) is 6.48. The van der Waals surface area contributed by atoms with Gasteiger partial charge in [0.05, 0.1) is 50.3 Å². The maximum Gasteiger partial charge on any atom is 0.410 e. The molecule has 0 spiro atoms. The van der Waals surface area contributed by atoms with E-state index in [1.165, 1.54) is 0 Å². The van der Waals surface area contributed by atoms with Crippen molar-refractivity contribution in [3.8, 4) is 22.9 Å². The summed E-state index contributed by atoms with van der Waals surface area (Å²) in [5, 5.41) is 7.50.